The molecule has 0 atom stereocenters. The van der Waals surface area contributed by atoms with Gasteiger partial charge in [-0.1, -0.05) is 18.2 Å². The van der Waals surface area contributed by atoms with E-state index in [9.17, 15) is 14.4 Å². The second kappa shape index (κ2) is 9.83. The second-order valence-corrected chi connectivity index (χ2v) is 8.24. The lowest BCUT2D eigenvalue weighted by Gasteiger charge is -2.32. The molecule has 1 aliphatic carbocycles. The van der Waals surface area contributed by atoms with Crippen LogP contribution in [-0.2, 0) is 9.59 Å². The van der Waals surface area contributed by atoms with E-state index in [2.05, 4.69) is 4.99 Å². The van der Waals surface area contributed by atoms with Crippen molar-refractivity contribution >= 4 is 23.7 Å². The summed E-state index contributed by atoms with van der Waals surface area (Å²) in [6.07, 6.45) is 3.74. The van der Waals surface area contributed by atoms with Gasteiger partial charge in [0, 0.05) is 30.5 Å². The molecule has 7 heteroatoms. The summed E-state index contributed by atoms with van der Waals surface area (Å²) in [6.45, 7) is 4.59. The molecular formula is C24H28N3O4+. The monoisotopic (exact) mass is 422 g/mol. The molecule has 162 valence electrons. The third-order valence-corrected chi connectivity index (χ3v) is 6.16. The average Bonchev–Trinajstić information content (AvgIpc) is 3.33. The van der Waals surface area contributed by atoms with E-state index < -0.39 is 5.92 Å². The molecule has 7 nitrogen and oxygen atoms in total. The van der Waals surface area contributed by atoms with E-state index in [1.165, 1.54) is 11.1 Å². The van der Waals surface area contributed by atoms with Crippen molar-refractivity contribution in [2.24, 2.45) is 10.9 Å². The quantitative estimate of drug-likeness (QED) is 0.557. The maximum absolute atomic E-state index is 12.5. The SMILES string of the molecule is O=C1CC(c2ccco2)CC(=O)C1C=NCC[NH+]1CCN(C(=O)c2ccccc2)CC1. The number of amides is 1. The fourth-order valence-corrected chi connectivity index (χ4v) is 4.32. The molecule has 1 aromatic heterocycles. The first-order valence-electron chi connectivity index (χ1n) is 10.9. The van der Waals surface area contributed by atoms with Crippen molar-refractivity contribution in [3.8, 4) is 0 Å². The Morgan fingerprint density at radius 3 is 2.42 bits per heavy atom. The van der Waals surface area contributed by atoms with E-state index in [0.29, 0.717) is 25.1 Å². The number of quaternary nitrogens is 1. The van der Waals surface area contributed by atoms with Gasteiger partial charge in [0.25, 0.3) is 5.91 Å². The first kappa shape index (κ1) is 21.2. The maximum Gasteiger partial charge on any atom is 0.254 e. The van der Waals surface area contributed by atoms with E-state index in [0.717, 1.165) is 38.3 Å². The number of ketones is 2. The van der Waals surface area contributed by atoms with Crippen molar-refractivity contribution < 1.29 is 23.7 Å². The van der Waals surface area contributed by atoms with Crippen molar-refractivity contribution in [3.63, 3.8) is 0 Å². The number of hydrogen-bond acceptors (Lipinski definition) is 5. The summed E-state index contributed by atoms with van der Waals surface area (Å²) in [5.74, 6) is -0.255. The van der Waals surface area contributed by atoms with Crippen LogP contribution in [0.15, 0.2) is 58.1 Å². The number of carbonyl (C=O) groups excluding carboxylic acids is 3. The minimum absolute atomic E-state index is 0.0817. The van der Waals surface area contributed by atoms with Gasteiger partial charge in [-0.3, -0.25) is 19.4 Å². The molecule has 2 heterocycles. The molecule has 2 aliphatic rings. The molecule has 1 aliphatic heterocycles. The summed E-state index contributed by atoms with van der Waals surface area (Å²) >= 11 is 0. The first-order valence-corrected chi connectivity index (χ1v) is 10.9. The average molecular weight is 423 g/mol. The highest BCUT2D eigenvalue weighted by molar-refractivity contribution is 6.16. The predicted molar refractivity (Wildman–Crippen MR) is 115 cm³/mol. The highest BCUT2D eigenvalue weighted by Crippen LogP contribution is 2.31. The summed E-state index contributed by atoms with van der Waals surface area (Å²) in [5, 5.41) is 0. The fraction of sp³-hybridized carbons (Fsp3) is 0.417. The Hall–Kier alpha value is -3.06. The Labute approximate surface area is 181 Å². The number of nitrogens with one attached hydrogen (secondary N) is 1. The van der Waals surface area contributed by atoms with Crippen molar-refractivity contribution in [1.82, 2.24) is 4.90 Å². The van der Waals surface area contributed by atoms with Gasteiger partial charge in [-0.05, 0) is 24.3 Å². The molecule has 1 aromatic carbocycles. The third-order valence-electron chi connectivity index (χ3n) is 6.16. The lowest BCUT2D eigenvalue weighted by molar-refractivity contribution is -0.902. The maximum atomic E-state index is 12.5. The zero-order valence-corrected chi connectivity index (χ0v) is 17.5. The van der Waals surface area contributed by atoms with Crippen LogP contribution in [0, 0.1) is 5.92 Å². The molecule has 2 fully saturated rings. The van der Waals surface area contributed by atoms with Gasteiger partial charge in [0.15, 0.2) is 0 Å². The van der Waals surface area contributed by atoms with Crippen LogP contribution in [0.1, 0.15) is 34.9 Å². The fourth-order valence-electron chi connectivity index (χ4n) is 4.32. The zero-order chi connectivity index (χ0) is 21.6. The Morgan fingerprint density at radius 1 is 1.06 bits per heavy atom. The standard InChI is InChI=1S/C24H27N3O4/c28-21-15-19(23-7-4-14-31-23)16-22(29)20(21)17-25-8-9-26-10-12-27(13-11-26)24(30)18-5-2-1-3-6-18/h1-7,14,17,19-20H,8-13,15-16H2/p+1. The lowest BCUT2D eigenvalue weighted by Crippen LogP contribution is -3.15. The molecule has 31 heavy (non-hydrogen) atoms. The van der Waals surface area contributed by atoms with Crippen LogP contribution in [-0.4, -0.2) is 67.9 Å². The van der Waals surface area contributed by atoms with Gasteiger partial charge in [0.2, 0.25) is 0 Å². The highest BCUT2D eigenvalue weighted by Gasteiger charge is 2.36. The summed E-state index contributed by atoms with van der Waals surface area (Å²) in [7, 11) is 0. The molecule has 1 N–H and O–H groups in total. The van der Waals surface area contributed by atoms with E-state index in [4.69, 9.17) is 4.42 Å². The molecule has 0 unspecified atom stereocenters. The Bertz CT molecular complexity index is 913. The topological polar surface area (TPSA) is 84.4 Å². The van der Waals surface area contributed by atoms with Gasteiger partial charge < -0.3 is 14.2 Å². The van der Waals surface area contributed by atoms with Gasteiger partial charge in [0.05, 0.1) is 45.5 Å². The van der Waals surface area contributed by atoms with Gasteiger partial charge in [-0.25, -0.2) is 0 Å². The second-order valence-electron chi connectivity index (χ2n) is 8.24. The third kappa shape index (κ3) is 5.17. The Morgan fingerprint density at radius 2 is 1.77 bits per heavy atom. The summed E-state index contributed by atoms with van der Waals surface area (Å²) < 4.78 is 5.35. The molecule has 4 rings (SSSR count). The van der Waals surface area contributed by atoms with Crippen LogP contribution in [0.2, 0.25) is 0 Å². The Kier molecular flexibility index (Phi) is 6.72. The van der Waals surface area contributed by atoms with Gasteiger partial charge in [0.1, 0.15) is 23.2 Å². The molecule has 1 saturated heterocycles. The smallest absolute Gasteiger partial charge is 0.254 e. The van der Waals surface area contributed by atoms with Crippen molar-refractivity contribution in [2.75, 3.05) is 39.3 Å². The molecule has 0 radical (unpaired) electrons. The van der Waals surface area contributed by atoms with E-state index in [-0.39, 0.29) is 23.4 Å². The minimum Gasteiger partial charge on any atom is -0.469 e. The summed E-state index contributed by atoms with van der Waals surface area (Å²) in [6, 6.07) is 13.0. The number of hydrogen-bond donors (Lipinski definition) is 1. The number of Topliss-reactive ketones (excluding diaryl/α,β-unsaturated/α-hetero) is 2. The van der Waals surface area contributed by atoms with Gasteiger partial charge in [-0.15, -0.1) is 0 Å². The largest absolute Gasteiger partial charge is 0.469 e. The molecule has 0 spiro atoms. The highest BCUT2D eigenvalue weighted by atomic mass is 16.3. The van der Waals surface area contributed by atoms with Crippen LogP contribution in [0.5, 0.6) is 0 Å². The van der Waals surface area contributed by atoms with Crippen LogP contribution in [0.25, 0.3) is 0 Å². The molecule has 1 saturated carbocycles. The van der Waals surface area contributed by atoms with Crippen molar-refractivity contribution in [2.45, 2.75) is 18.8 Å². The van der Waals surface area contributed by atoms with Crippen LogP contribution in [0.4, 0.5) is 0 Å². The number of furan rings is 1. The summed E-state index contributed by atoms with van der Waals surface area (Å²) in [5.41, 5.74) is 0.728. The van der Waals surface area contributed by atoms with Crippen molar-refractivity contribution in [3.05, 3.63) is 60.1 Å². The number of aliphatic imine (C=N–C) groups is 1. The number of piperazine rings is 1. The van der Waals surface area contributed by atoms with Gasteiger partial charge in [-0.2, -0.15) is 0 Å². The first-order chi connectivity index (χ1) is 15.1. The van der Waals surface area contributed by atoms with Crippen LogP contribution >= 0.6 is 0 Å². The Balaban J connectivity index is 1.20. The molecular weight excluding hydrogens is 394 g/mol. The van der Waals surface area contributed by atoms with E-state index in [1.54, 1.807) is 12.3 Å². The minimum atomic E-state index is -0.721. The molecule has 0 bridgehead atoms. The lowest BCUT2D eigenvalue weighted by atomic mass is 9.79. The molecule has 2 aromatic rings. The number of benzene rings is 1. The predicted octanol–water partition coefficient (Wildman–Crippen LogP) is 1.02. The molecule has 1 amide bonds. The number of rotatable bonds is 6. The van der Waals surface area contributed by atoms with E-state index in [1.807, 2.05) is 41.3 Å². The van der Waals surface area contributed by atoms with E-state index >= 15 is 0 Å². The zero-order valence-electron chi connectivity index (χ0n) is 17.5. The van der Waals surface area contributed by atoms with Crippen molar-refractivity contribution in [1.29, 1.82) is 0 Å². The summed E-state index contributed by atoms with van der Waals surface area (Å²) in [4.78, 5) is 45.0. The number of carbonyl (C=O) groups is 3. The normalized spacial score (nSPS) is 22.9. The van der Waals surface area contributed by atoms with Crippen LogP contribution < -0.4 is 4.90 Å². The van der Waals surface area contributed by atoms with Crippen LogP contribution in [0.3, 0.4) is 0 Å². The van der Waals surface area contributed by atoms with Gasteiger partial charge >= 0.3 is 0 Å². The number of nitrogens with zero attached hydrogens (tertiary/aromatic N) is 2.